The zero-order valence-corrected chi connectivity index (χ0v) is 14.0. The summed E-state index contributed by atoms with van der Waals surface area (Å²) in [4.78, 5) is 15.0. The van der Waals surface area contributed by atoms with Gasteiger partial charge in [-0.25, -0.2) is 0 Å². The molecule has 0 bridgehead atoms. The Balaban J connectivity index is 1.78. The van der Waals surface area contributed by atoms with E-state index in [9.17, 15) is 4.79 Å². The SMILES string of the molecule is O=C(c1ccccc1I)N1CCCC1C1CCCCC1. The third kappa shape index (κ3) is 2.87. The van der Waals surface area contributed by atoms with Crippen LogP contribution in [-0.4, -0.2) is 23.4 Å². The van der Waals surface area contributed by atoms with Crippen molar-refractivity contribution in [2.45, 2.75) is 51.0 Å². The van der Waals surface area contributed by atoms with Crippen LogP contribution in [0.2, 0.25) is 0 Å². The molecule has 1 aliphatic heterocycles. The molecule has 1 aliphatic carbocycles. The fourth-order valence-corrected chi connectivity index (χ4v) is 4.46. The van der Waals surface area contributed by atoms with Crippen molar-refractivity contribution in [2.24, 2.45) is 5.92 Å². The zero-order chi connectivity index (χ0) is 13.9. The van der Waals surface area contributed by atoms with Crippen molar-refractivity contribution in [1.82, 2.24) is 4.90 Å². The van der Waals surface area contributed by atoms with Crippen molar-refractivity contribution in [2.75, 3.05) is 6.54 Å². The number of rotatable bonds is 2. The molecule has 20 heavy (non-hydrogen) atoms. The Morgan fingerprint density at radius 3 is 2.55 bits per heavy atom. The lowest BCUT2D eigenvalue weighted by molar-refractivity contribution is 0.0660. The van der Waals surface area contributed by atoms with Gasteiger partial charge in [0.2, 0.25) is 0 Å². The van der Waals surface area contributed by atoms with Crippen LogP contribution in [0.1, 0.15) is 55.3 Å². The summed E-state index contributed by atoms with van der Waals surface area (Å²) in [6, 6.07) is 8.47. The Bertz CT molecular complexity index is 482. The molecule has 108 valence electrons. The molecule has 3 rings (SSSR count). The van der Waals surface area contributed by atoms with Gasteiger partial charge in [-0.1, -0.05) is 31.4 Å². The van der Waals surface area contributed by atoms with Gasteiger partial charge in [0.05, 0.1) is 5.56 Å². The van der Waals surface area contributed by atoms with Crippen LogP contribution in [0, 0.1) is 9.49 Å². The molecule has 1 atom stereocenters. The van der Waals surface area contributed by atoms with E-state index in [1.807, 2.05) is 24.3 Å². The number of carbonyl (C=O) groups excluding carboxylic acids is 1. The van der Waals surface area contributed by atoms with E-state index in [4.69, 9.17) is 0 Å². The van der Waals surface area contributed by atoms with Gasteiger partial charge in [-0.2, -0.15) is 0 Å². The Kier molecular flexibility index (Phi) is 4.64. The lowest BCUT2D eigenvalue weighted by Gasteiger charge is -2.34. The molecule has 1 heterocycles. The number of benzene rings is 1. The first-order valence-electron chi connectivity index (χ1n) is 7.83. The van der Waals surface area contributed by atoms with Crippen LogP contribution in [-0.2, 0) is 0 Å². The van der Waals surface area contributed by atoms with Crippen LogP contribution in [0.5, 0.6) is 0 Å². The number of nitrogens with zero attached hydrogens (tertiary/aromatic N) is 1. The fraction of sp³-hybridized carbons (Fsp3) is 0.588. The monoisotopic (exact) mass is 383 g/mol. The summed E-state index contributed by atoms with van der Waals surface area (Å²) in [6.45, 7) is 0.949. The first kappa shape index (κ1) is 14.4. The van der Waals surface area contributed by atoms with Crippen LogP contribution in [0.3, 0.4) is 0 Å². The molecule has 0 aromatic heterocycles. The molecule has 2 fully saturated rings. The average molecular weight is 383 g/mol. The van der Waals surface area contributed by atoms with Crippen molar-refractivity contribution >= 4 is 28.5 Å². The van der Waals surface area contributed by atoms with Crippen LogP contribution in [0.15, 0.2) is 24.3 Å². The fourth-order valence-electron chi connectivity index (χ4n) is 3.84. The van der Waals surface area contributed by atoms with Crippen molar-refractivity contribution in [3.63, 3.8) is 0 Å². The summed E-state index contributed by atoms with van der Waals surface area (Å²) < 4.78 is 1.07. The minimum atomic E-state index is 0.253. The third-order valence-corrected chi connectivity index (χ3v) is 5.80. The number of likely N-dealkylation sites (tertiary alicyclic amines) is 1. The van der Waals surface area contributed by atoms with Crippen molar-refractivity contribution in [3.05, 3.63) is 33.4 Å². The molecule has 0 N–H and O–H groups in total. The van der Waals surface area contributed by atoms with E-state index < -0.39 is 0 Å². The molecule has 0 spiro atoms. The van der Waals surface area contributed by atoms with E-state index >= 15 is 0 Å². The molecule has 0 radical (unpaired) electrons. The highest BCUT2D eigenvalue weighted by Gasteiger charge is 2.35. The highest BCUT2D eigenvalue weighted by Crippen LogP contribution is 2.35. The molecular weight excluding hydrogens is 361 g/mol. The molecule has 2 aliphatic rings. The van der Waals surface area contributed by atoms with Gasteiger partial charge in [-0.15, -0.1) is 0 Å². The van der Waals surface area contributed by atoms with Gasteiger partial charge in [-0.3, -0.25) is 4.79 Å². The summed E-state index contributed by atoms with van der Waals surface area (Å²) in [5, 5.41) is 0. The van der Waals surface area contributed by atoms with Crippen molar-refractivity contribution < 1.29 is 4.79 Å². The molecule has 1 saturated heterocycles. The summed E-state index contributed by atoms with van der Waals surface area (Å²) in [7, 11) is 0. The predicted octanol–water partition coefficient (Wildman–Crippen LogP) is 4.48. The number of carbonyl (C=O) groups is 1. The summed E-state index contributed by atoms with van der Waals surface area (Å²) >= 11 is 2.28. The van der Waals surface area contributed by atoms with Gasteiger partial charge in [0.25, 0.3) is 5.91 Å². The quantitative estimate of drug-likeness (QED) is 0.690. The lowest BCUT2D eigenvalue weighted by atomic mass is 9.83. The second-order valence-electron chi connectivity index (χ2n) is 6.09. The molecular formula is C17H22INO. The maximum atomic E-state index is 12.8. The van der Waals surface area contributed by atoms with E-state index in [1.54, 1.807) is 0 Å². The summed E-state index contributed by atoms with van der Waals surface area (Å²) in [6.07, 6.45) is 9.11. The largest absolute Gasteiger partial charge is 0.335 e. The van der Waals surface area contributed by atoms with E-state index in [0.717, 1.165) is 21.6 Å². The topological polar surface area (TPSA) is 20.3 Å². The summed E-state index contributed by atoms with van der Waals surface area (Å²) in [5.74, 6) is 1.000. The first-order chi connectivity index (χ1) is 9.77. The standard InChI is InChI=1S/C17H22INO/c18-15-10-5-4-9-14(15)17(20)19-12-6-11-16(19)13-7-2-1-3-8-13/h4-5,9-10,13,16H,1-3,6-8,11-12H2. The molecule has 1 saturated carbocycles. The normalized spacial score (nSPS) is 24.1. The summed E-state index contributed by atoms with van der Waals surface area (Å²) in [5.41, 5.74) is 0.885. The molecule has 1 amide bonds. The van der Waals surface area contributed by atoms with E-state index in [1.165, 1.54) is 44.9 Å². The molecule has 1 unspecified atom stereocenters. The minimum absolute atomic E-state index is 0.253. The van der Waals surface area contributed by atoms with Gasteiger partial charge >= 0.3 is 0 Å². The van der Waals surface area contributed by atoms with Gasteiger partial charge in [0, 0.05) is 16.2 Å². The van der Waals surface area contributed by atoms with Gasteiger partial charge in [0.1, 0.15) is 0 Å². The predicted molar refractivity (Wildman–Crippen MR) is 89.8 cm³/mol. The van der Waals surface area contributed by atoms with Gasteiger partial charge in [-0.05, 0) is 66.3 Å². The lowest BCUT2D eigenvalue weighted by Crippen LogP contribution is -2.41. The van der Waals surface area contributed by atoms with E-state index in [-0.39, 0.29) is 5.91 Å². The highest BCUT2D eigenvalue weighted by atomic mass is 127. The second-order valence-corrected chi connectivity index (χ2v) is 7.25. The van der Waals surface area contributed by atoms with Crippen LogP contribution in [0.25, 0.3) is 0 Å². The third-order valence-electron chi connectivity index (χ3n) is 4.86. The van der Waals surface area contributed by atoms with Crippen LogP contribution in [0.4, 0.5) is 0 Å². The molecule has 2 nitrogen and oxygen atoms in total. The smallest absolute Gasteiger partial charge is 0.255 e. The van der Waals surface area contributed by atoms with Crippen molar-refractivity contribution in [1.29, 1.82) is 0 Å². The Morgan fingerprint density at radius 2 is 1.80 bits per heavy atom. The second kappa shape index (κ2) is 6.46. The average Bonchev–Trinajstić information content (AvgIpc) is 2.97. The van der Waals surface area contributed by atoms with Crippen LogP contribution < -0.4 is 0 Å². The maximum absolute atomic E-state index is 12.8. The van der Waals surface area contributed by atoms with Gasteiger partial charge < -0.3 is 4.90 Å². The van der Waals surface area contributed by atoms with Crippen LogP contribution >= 0.6 is 22.6 Å². The Labute approximate surface area is 135 Å². The zero-order valence-electron chi connectivity index (χ0n) is 11.9. The number of halogens is 1. The highest BCUT2D eigenvalue weighted by molar-refractivity contribution is 14.1. The Hall–Kier alpha value is -0.580. The number of amides is 1. The maximum Gasteiger partial charge on any atom is 0.255 e. The van der Waals surface area contributed by atoms with Crippen molar-refractivity contribution in [3.8, 4) is 0 Å². The Morgan fingerprint density at radius 1 is 1.05 bits per heavy atom. The first-order valence-corrected chi connectivity index (χ1v) is 8.91. The number of hydrogen-bond donors (Lipinski definition) is 0. The van der Waals surface area contributed by atoms with E-state index in [0.29, 0.717) is 6.04 Å². The number of hydrogen-bond acceptors (Lipinski definition) is 1. The minimum Gasteiger partial charge on any atom is -0.335 e. The molecule has 1 aromatic rings. The van der Waals surface area contributed by atoms with Gasteiger partial charge in [0.15, 0.2) is 0 Å². The van der Waals surface area contributed by atoms with E-state index in [2.05, 4.69) is 27.5 Å². The molecule has 3 heteroatoms. The molecule has 1 aromatic carbocycles.